The van der Waals surface area contributed by atoms with E-state index in [1.165, 1.54) is 27.8 Å². The topological polar surface area (TPSA) is 29.1 Å². The Hall–Kier alpha value is -1.74. The smallest absolute Gasteiger partial charge is 0.221 e. The van der Waals surface area contributed by atoms with Gasteiger partial charge in [-0.05, 0) is 55.5 Å². The van der Waals surface area contributed by atoms with Crippen LogP contribution in [0.3, 0.4) is 0 Å². The molecule has 2 aromatic rings. The first kappa shape index (κ1) is 18.6. The van der Waals surface area contributed by atoms with Gasteiger partial charge in [0.2, 0.25) is 5.91 Å². The van der Waals surface area contributed by atoms with Gasteiger partial charge in [0.1, 0.15) is 0 Å². The molecule has 0 aromatic heterocycles. The molecule has 0 aliphatic carbocycles. The monoisotopic (exact) mass is 341 g/mol. The second-order valence-corrected chi connectivity index (χ2v) is 7.48. The summed E-state index contributed by atoms with van der Waals surface area (Å²) < 4.78 is 0. The summed E-state index contributed by atoms with van der Waals surface area (Å²) in [6, 6.07) is 14.8. The molecule has 1 atom stereocenters. The van der Waals surface area contributed by atoms with Crippen molar-refractivity contribution in [1.82, 2.24) is 5.32 Å². The van der Waals surface area contributed by atoms with Crippen molar-refractivity contribution in [3.8, 4) is 0 Å². The molecule has 0 spiro atoms. The van der Waals surface area contributed by atoms with E-state index in [-0.39, 0.29) is 11.9 Å². The molecule has 3 heteroatoms. The van der Waals surface area contributed by atoms with E-state index in [1.54, 1.807) is 11.8 Å². The van der Waals surface area contributed by atoms with E-state index in [0.717, 1.165) is 11.5 Å². The third-order valence-electron chi connectivity index (χ3n) is 4.31. The standard InChI is InChI=1S/C21H27NOS/c1-15-12-17(3)20(13-16(15)2)18(4)22-21(23)10-11-24-14-19-8-6-5-7-9-19/h5-9,12-13,18H,10-11,14H2,1-4H3,(H,22,23)/t18-/m0/s1. The first-order valence-corrected chi connectivity index (χ1v) is 9.61. The Kier molecular flexibility index (Phi) is 6.92. The van der Waals surface area contributed by atoms with Crippen molar-refractivity contribution in [3.05, 3.63) is 70.3 Å². The van der Waals surface area contributed by atoms with E-state index in [2.05, 4.69) is 69.4 Å². The highest BCUT2D eigenvalue weighted by Gasteiger charge is 2.12. The van der Waals surface area contributed by atoms with Crippen LogP contribution in [0.4, 0.5) is 0 Å². The van der Waals surface area contributed by atoms with Crippen LogP contribution in [0.5, 0.6) is 0 Å². The van der Waals surface area contributed by atoms with Crippen LogP contribution in [0, 0.1) is 20.8 Å². The summed E-state index contributed by atoms with van der Waals surface area (Å²) in [6.07, 6.45) is 0.561. The van der Waals surface area contributed by atoms with Crippen LogP contribution in [0.1, 0.15) is 47.2 Å². The molecule has 2 rings (SSSR count). The Bertz CT molecular complexity index is 682. The van der Waals surface area contributed by atoms with Crippen LogP contribution in [-0.4, -0.2) is 11.7 Å². The summed E-state index contributed by atoms with van der Waals surface area (Å²) in [6.45, 7) is 8.42. The molecule has 2 nitrogen and oxygen atoms in total. The minimum absolute atomic E-state index is 0.0518. The van der Waals surface area contributed by atoms with Crippen molar-refractivity contribution in [2.24, 2.45) is 0 Å². The van der Waals surface area contributed by atoms with E-state index in [9.17, 15) is 4.79 Å². The number of hydrogen-bond donors (Lipinski definition) is 1. The molecule has 0 saturated heterocycles. The van der Waals surface area contributed by atoms with Crippen molar-refractivity contribution >= 4 is 17.7 Å². The van der Waals surface area contributed by atoms with Gasteiger partial charge in [-0.15, -0.1) is 0 Å². The first-order valence-electron chi connectivity index (χ1n) is 8.46. The van der Waals surface area contributed by atoms with Crippen LogP contribution >= 0.6 is 11.8 Å². The van der Waals surface area contributed by atoms with E-state index < -0.39 is 0 Å². The summed E-state index contributed by atoms with van der Waals surface area (Å²) in [5.41, 5.74) is 6.33. The number of benzene rings is 2. The van der Waals surface area contributed by atoms with Gasteiger partial charge in [-0.2, -0.15) is 11.8 Å². The van der Waals surface area contributed by atoms with Gasteiger partial charge in [0.15, 0.2) is 0 Å². The maximum absolute atomic E-state index is 12.2. The number of thioether (sulfide) groups is 1. The molecule has 0 aliphatic rings. The van der Waals surface area contributed by atoms with Crippen molar-refractivity contribution in [2.75, 3.05) is 5.75 Å². The van der Waals surface area contributed by atoms with E-state index in [0.29, 0.717) is 6.42 Å². The Morgan fingerprint density at radius 1 is 1.04 bits per heavy atom. The zero-order valence-corrected chi connectivity index (χ0v) is 15.9. The second-order valence-electron chi connectivity index (χ2n) is 6.37. The molecule has 1 amide bonds. The van der Waals surface area contributed by atoms with Crippen LogP contribution in [0.2, 0.25) is 0 Å². The summed E-state index contributed by atoms with van der Waals surface area (Å²) in [5, 5.41) is 3.13. The highest BCUT2D eigenvalue weighted by atomic mass is 32.2. The highest BCUT2D eigenvalue weighted by molar-refractivity contribution is 7.98. The van der Waals surface area contributed by atoms with Crippen molar-refractivity contribution in [3.63, 3.8) is 0 Å². The molecule has 0 fully saturated rings. The zero-order valence-electron chi connectivity index (χ0n) is 15.1. The van der Waals surface area contributed by atoms with Crippen LogP contribution in [0.15, 0.2) is 42.5 Å². The normalized spacial score (nSPS) is 12.0. The number of carbonyl (C=O) groups is 1. The van der Waals surface area contributed by atoms with Gasteiger partial charge in [0.05, 0.1) is 6.04 Å². The Morgan fingerprint density at radius 2 is 1.71 bits per heavy atom. The molecule has 0 bridgehead atoms. The van der Waals surface area contributed by atoms with Gasteiger partial charge in [-0.25, -0.2) is 0 Å². The molecular weight excluding hydrogens is 314 g/mol. The Morgan fingerprint density at radius 3 is 2.42 bits per heavy atom. The maximum Gasteiger partial charge on any atom is 0.221 e. The minimum Gasteiger partial charge on any atom is -0.350 e. The van der Waals surface area contributed by atoms with Crippen LogP contribution in [0.25, 0.3) is 0 Å². The van der Waals surface area contributed by atoms with E-state index in [1.807, 2.05) is 6.07 Å². The second kappa shape index (κ2) is 8.93. The highest BCUT2D eigenvalue weighted by Crippen LogP contribution is 2.22. The van der Waals surface area contributed by atoms with Crippen molar-refractivity contribution in [1.29, 1.82) is 0 Å². The molecule has 0 radical (unpaired) electrons. The lowest BCUT2D eigenvalue weighted by Gasteiger charge is -2.18. The predicted molar refractivity (Wildman–Crippen MR) is 104 cm³/mol. The SMILES string of the molecule is Cc1cc(C)c([C@H](C)NC(=O)CCSCc2ccccc2)cc1C. The molecule has 24 heavy (non-hydrogen) atoms. The summed E-state index contributed by atoms with van der Waals surface area (Å²) in [4.78, 5) is 12.2. The third-order valence-corrected chi connectivity index (χ3v) is 5.34. The molecule has 1 N–H and O–H groups in total. The van der Waals surface area contributed by atoms with Crippen molar-refractivity contribution in [2.45, 2.75) is 45.9 Å². The quantitative estimate of drug-likeness (QED) is 0.709. The number of amides is 1. The fraction of sp³-hybridized carbons (Fsp3) is 0.381. The molecule has 0 aliphatic heterocycles. The first-order chi connectivity index (χ1) is 11.5. The van der Waals surface area contributed by atoms with Gasteiger partial charge < -0.3 is 5.32 Å². The lowest BCUT2D eigenvalue weighted by molar-refractivity contribution is -0.121. The minimum atomic E-state index is 0.0518. The van der Waals surface area contributed by atoms with Crippen LogP contribution < -0.4 is 5.32 Å². The Labute approximate surface area is 150 Å². The third kappa shape index (κ3) is 5.41. The number of aryl methyl sites for hydroxylation is 3. The predicted octanol–water partition coefficient (Wildman–Crippen LogP) is 5.11. The van der Waals surface area contributed by atoms with Gasteiger partial charge >= 0.3 is 0 Å². The summed E-state index contributed by atoms with van der Waals surface area (Å²) in [7, 11) is 0. The summed E-state index contributed by atoms with van der Waals surface area (Å²) in [5.74, 6) is 1.93. The molecular formula is C21H27NOS. The number of carbonyl (C=O) groups excluding carboxylic acids is 1. The Balaban J connectivity index is 1.78. The maximum atomic E-state index is 12.2. The molecule has 128 valence electrons. The van der Waals surface area contributed by atoms with Gasteiger partial charge in [0.25, 0.3) is 0 Å². The molecule has 0 saturated carbocycles. The molecule has 2 aromatic carbocycles. The fourth-order valence-electron chi connectivity index (χ4n) is 2.77. The lowest BCUT2D eigenvalue weighted by Crippen LogP contribution is -2.27. The van der Waals surface area contributed by atoms with Gasteiger partial charge in [-0.3, -0.25) is 4.79 Å². The molecule has 0 unspecified atom stereocenters. The van der Waals surface area contributed by atoms with Crippen LogP contribution in [-0.2, 0) is 10.5 Å². The largest absolute Gasteiger partial charge is 0.350 e. The molecule has 0 heterocycles. The summed E-state index contributed by atoms with van der Waals surface area (Å²) >= 11 is 1.80. The number of nitrogens with one attached hydrogen (secondary N) is 1. The van der Waals surface area contributed by atoms with Crippen molar-refractivity contribution < 1.29 is 4.79 Å². The average Bonchev–Trinajstić information content (AvgIpc) is 2.56. The number of hydrogen-bond acceptors (Lipinski definition) is 2. The average molecular weight is 342 g/mol. The fourth-order valence-corrected chi connectivity index (χ4v) is 3.67. The number of rotatable bonds is 7. The van der Waals surface area contributed by atoms with Gasteiger partial charge in [0, 0.05) is 17.9 Å². The van der Waals surface area contributed by atoms with Gasteiger partial charge in [-0.1, -0.05) is 42.5 Å². The lowest BCUT2D eigenvalue weighted by atomic mass is 9.96. The van der Waals surface area contributed by atoms with E-state index in [4.69, 9.17) is 0 Å². The zero-order chi connectivity index (χ0) is 17.5. The van der Waals surface area contributed by atoms with E-state index >= 15 is 0 Å².